The number of nitrogens with one attached hydrogen (secondary N) is 3. The number of esters is 1. The number of anilines is 1. The fourth-order valence-corrected chi connectivity index (χ4v) is 3.63. The molecule has 0 aliphatic heterocycles. The van der Waals surface area contributed by atoms with Crippen LogP contribution in [0.3, 0.4) is 0 Å². The van der Waals surface area contributed by atoms with E-state index >= 15 is 0 Å². The number of amides is 2. The number of hydrogen-bond donors (Lipinski definition) is 3. The Balaban J connectivity index is 2.02. The Morgan fingerprint density at radius 2 is 1.71 bits per heavy atom. The van der Waals surface area contributed by atoms with Gasteiger partial charge in [0.15, 0.2) is 0 Å². The first kappa shape index (κ1) is 23.8. The third kappa shape index (κ3) is 6.79. The van der Waals surface area contributed by atoms with Crippen LogP contribution in [0.2, 0.25) is 0 Å². The summed E-state index contributed by atoms with van der Waals surface area (Å²) in [6.07, 6.45) is 0. The predicted octanol–water partition coefficient (Wildman–Crippen LogP) is 0.903. The van der Waals surface area contributed by atoms with E-state index in [1.54, 1.807) is 6.07 Å². The zero-order valence-electron chi connectivity index (χ0n) is 17.2. The second-order valence-electron chi connectivity index (χ2n) is 6.35. The molecule has 2 rings (SSSR count). The highest BCUT2D eigenvalue weighted by molar-refractivity contribution is 7.89. The van der Waals surface area contributed by atoms with Gasteiger partial charge in [0.05, 0.1) is 25.2 Å². The molecule has 0 aliphatic rings. The van der Waals surface area contributed by atoms with Gasteiger partial charge in [-0.05, 0) is 49.4 Å². The maximum Gasteiger partial charge on any atom is 0.325 e. The van der Waals surface area contributed by atoms with Crippen LogP contribution in [0.5, 0.6) is 5.75 Å². The minimum Gasteiger partial charge on any atom is -0.497 e. The first-order valence-electron chi connectivity index (χ1n) is 9.08. The molecule has 0 aromatic heterocycles. The van der Waals surface area contributed by atoms with Gasteiger partial charge in [-0.25, -0.2) is 8.42 Å². The van der Waals surface area contributed by atoms with Crippen LogP contribution in [0, 0.1) is 0 Å². The quantitative estimate of drug-likeness (QED) is 0.483. The lowest BCUT2D eigenvalue weighted by Gasteiger charge is -2.15. The fraction of sp³-hybridized carbons (Fsp3) is 0.250. The molecule has 3 N–H and O–H groups in total. The van der Waals surface area contributed by atoms with Crippen LogP contribution in [0.1, 0.15) is 17.3 Å². The van der Waals surface area contributed by atoms with Gasteiger partial charge in [-0.3, -0.25) is 14.4 Å². The number of rotatable bonds is 9. The Morgan fingerprint density at radius 3 is 2.32 bits per heavy atom. The van der Waals surface area contributed by atoms with Crippen molar-refractivity contribution in [2.75, 3.05) is 26.1 Å². The van der Waals surface area contributed by atoms with Crippen LogP contribution in [0.25, 0.3) is 0 Å². The highest BCUT2D eigenvalue weighted by atomic mass is 32.2. The molecule has 0 spiro atoms. The normalized spacial score (nSPS) is 11.8. The molecule has 31 heavy (non-hydrogen) atoms. The zero-order valence-corrected chi connectivity index (χ0v) is 18.0. The lowest BCUT2D eigenvalue weighted by molar-refractivity contribution is -0.139. The van der Waals surface area contributed by atoms with E-state index in [1.807, 2.05) is 0 Å². The van der Waals surface area contributed by atoms with Crippen molar-refractivity contribution < 1.29 is 32.3 Å². The van der Waals surface area contributed by atoms with Crippen molar-refractivity contribution in [1.29, 1.82) is 0 Å². The topological polar surface area (TPSA) is 140 Å². The monoisotopic (exact) mass is 449 g/mol. The summed E-state index contributed by atoms with van der Waals surface area (Å²) in [6, 6.07) is 10.6. The van der Waals surface area contributed by atoms with E-state index in [1.165, 1.54) is 63.6 Å². The fourth-order valence-electron chi connectivity index (χ4n) is 2.42. The van der Waals surface area contributed by atoms with Crippen molar-refractivity contribution in [3.05, 3.63) is 54.1 Å². The smallest absolute Gasteiger partial charge is 0.325 e. The molecule has 0 unspecified atom stereocenters. The molecule has 10 nitrogen and oxygen atoms in total. The molecular weight excluding hydrogens is 426 g/mol. The first-order valence-corrected chi connectivity index (χ1v) is 10.6. The Labute approximate surface area is 180 Å². The average molecular weight is 449 g/mol. The van der Waals surface area contributed by atoms with Crippen molar-refractivity contribution in [3.8, 4) is 5.75 Å². The summed E-state index contributed by atoms with van der Waals surface area (Å²) in [4.78, 5) is 35.6. The second-order valence-corrected chi connectivity index (χ2v) is 8.06. The maximum atomic E-state index is 12.5. The van der Waals surface area contributed by atoms with Crippen molar-refractivity contribution in [2.45, 2.75) is 17.9 Å². The molecule has 0 saturated heterocycles. The molecule has 166 valence electrons. The van der Waals surface area contributed by atoms with E-state index in [0.717, 1.165) is 0 Å². The molecule has 2 aromatic rings. The Kier molecular flexibility index (Phi) is 8.11. The number of benzene rings is 2. The number of sulfonamides is 1. The summed E-state index contributed by atoms with van der Waals surface area (Å²) in [6.45, 7) is 1.10. The van der Waals surface area contributed by atoms with Crippen molar-refractivity contribution in [2.24, 2.45) is 0 Å². The van der Waals surface area contributed by atoms with Crippen LogP contribution in [0.4, 0.5) is 5.69 Å². The van der Waals surface area contributed by atoms with E-state index in [2.05, 4.69) is 20.1 Å². The SMILES string of the molecule is COC(=O)CNC(=O)c1cccc(NC(=O)[C@H](C)NS(=O)(=O)c2ccc(OC)cc2)c1. The predicted molar refractivity (Wildman–Crippen MR) is 112 cm³/mol. The molecule has 0 radical (unpaired) electrons. The van der Waals surface area contributed by atoms with E-state index in [0.29, 0.717) is 5.75 Å². The maximum absolute atomic E-state index is 12.5. The van der Waals surface area contributed by atoms with Gasteiger partial charge in [0.25, 0.3) is 5.91 Å². The van der Waals surface area contributed by atoms with E-state index in [-0.39, 0.29) is 22.7 Å². The van der Waals surface area contributed by atoms with Gasteiger partial charge in [-0.1, -0.05) is 6.07 Å². The number of hydrogen-bond acceptors (Lipinski definition) is 7. The van der Waals surface area contributed by atoms with E-state index in [4.69, 9.17) is 4.74 Å². The van der Waals surface area contributed by atoms with Gasteiger partial charge in [-0.15, -0.1) is 0 Å². The molecule has 0 fully saturated rings. The van der Waals surface area contributed by atoms with Gasteiger partial charge >= 0.3 is 5.97 Å². The zero-order chi connectivity index (χ0) is 23.0. The van der Waals surface area contributed by atoms with Gasteiger partial charge < -0.3 is 20.1 Å². The number of methoxy groups -OCH3 is 2. The lowest BCUT2D eigenvalue weighted by Crippen LogP contribution is -2.41. The van der Waals surface area contributed by atoms with E-state index < -0.39 is 33.8 Å². The van der Waals surface area contributed by atoms with Crippen LogP contribution in [0.15, 0.2) is 53.4 Å². The minimum absolute atomic E-state index is 0.0165. The Hall–Kier alpha value is -3.44. The summed E-state index contributed by atoms with van der Waals surface area (Å²) in [5.41, 5.74) is 0.486. The van der Waals surface area contributed by atoms with Gasteiger partial charge in [-0.2, -0.15) is 4.72 Å². The molecule has 0 aliphatic carbocycles. The number of ether oxygens (including phenoxy) is 2. The molecule has 2 aromatic carbocycles. The minimum atomic E-state index is -3.94. The van der Waals surface area contributed by atoms with Gasteiger partial charge in [0, 0.05) is 11.3 Å². The first-order chi connectivity index (χ1) is 14.7. The Morgan fingerprint density at radius 1 is 1.03 bits per heavy atom. The molecule has 2 amide bonds. The summed E-state index contributed by atoms with van der Waals surface area (Å²) in [5.74, 6) is -1.25. The number of carbonyl (C=O) groups excluding carboxylic acids is 3. The number of carbonyl (C=O) groups is 3. The van der Waals surface area contributed by atoms with Gasteiger partial charge in [0.2, 0.25) is 15.9 Å². The molecule has 0 saturated carbocycles. The standard InChI is InChI=1S/C20H23N3O7S/c1-13(23-31(27,28)17-9-7-16(29-2)8-10-17)19(25)22-15-6-4-5-14(11-15)20(26)21-12-18(24)30-3/h4-11,13,23H,12H2,1-3H3,(H,21,26)(H,22,25)/t13-/m0/s1. The second kappa shape index (κ2) is 10.5. The largest absolute Gasteiger partial charge is 0.497 e. The summed E-state index contributed by atoms with van der Waals surface area (Å²) >= 11 is 0. The third-order valence-electron chi connectivity index (χ3n) is 4.11. The summed E-state index contributed by atoms with van der Waals surface area (Å²) in [7, 11) is -1.27. The van der Waals surface area contributed by atoms with Crippen LogP contribution in [-0.2, 0) is 24.3 Å². The highest BCUT2D eigenvalue weighted by Crippen LogP contribution is 2.16. The van der Waals surface area contributed by atoms with E-state index in [9.17, 15) is 22.8 Å². The third-order valence-corrected chi connectivity index (χ3v) is 5.66. The van der Waals surface area contributed by atoms with Crippen molar-refractivity contribution >= 4 is 33.5 Å². The van der Waals surface area contributed by atoms with Crippen LogP contribution < -0.4 is 20.1 Å². The summed E-state index contributed by atoms with van der Waals surface area (Å²) in [5, 5.41) is 4.93. The summed E-state index contributed by atoms with van der Waals surface area (Å²) < 4.78 is 36.7. The highest BCUT2D eigenvalue weighted by Gasteiger charge is 2.22. The molecular formula is C20H23N3O7S. The van der Waals surface area contributed by atoms with Crippen molar-refractivity contribution in [1.82, 2.24) is 10.0 Å². The Bertz CT molecular complexity index is 1050. The lowest BCUT2D eigenvalue weighted by atomic mass is 10.2. The van der Waals surface area contributed by atoms with Crippen LogP contribution >= 0.6 is 0 Å². The van der Waals surface area contributed by atoms with Gasteiger partial charge in [0.1, 0.15) is 12.3 Å². The van der Waals surface area contributed by atoms with Crippen molar-refractivity contribution in [3.63, 3.8) is 0 Å². The molecule has 1 atom stereocenters. The average Bonchev–Trinajstić information content (AvgIpc) is 2.77. The molecule has 0 bridgehead atoms. The molecule has 0 heterocycles. The van der Waals surface area contributed by atoms with Crippen LogP contribution in [-0.4, -0.2) is 53.0 Å². The molecule has 11 heteroatoms.